The standard InChI is InChI=1S/C10H10BrClN2/c11-10-7(12)3-1-4-8(10)14-9-5-2-6-13-9/h1,3-4H,2,5-6H2,(H,13,14). The molecule has 1 aliphatic rings. The molecular formula is C10H10BrClN2. The van der Waals surface area contributed by atoms with Crippen molar-refractivity contribution in [3.05, 3.63) is 27.7 Å². The first-order valence-corrected chi connectivity index (χ1v) is 5.69. The van der Waals surface area contributed by atoms with Crippen LogP contribution < -0.4 is 5.32 Å². The number of nitrogens with zero attached hydrogens (tertiary/aromatic N) is 1. The zero-order chi connectivity index (χ0) is 9.97. The molecular weight excluding hydrogens is 263 g/mol. The highest BCUT2D eigenvalue weighted by molar-refractivity contribution is 9.10. The van der Waals surface area contributed by atoms with Gasteiger partial charge in [0, 0.05) is 13.0 Å². The van der Waals surface area contributed by atoms with Gasteiger partial charge in [0.2, 0.25) is 0 Å². The van der Waals surface area contributed by atoms with Crippen molar-refractivity contribution in [1.82, 2.24) is 0 Å². The molecule has 1 aromatic rings. The Balaban J connectivity index is 2.20. The molecule has 0 spiro atoms. The van der Waals surface area contributed by atoms with Crippen LogP contribution in [0.15, 0.2) is 27.7 Å². The normalized spacial score (nSPS) is 15.4. The van der Waals surface area contributed by atoms with Gasteiger partial charge in [-0.2, -0.15) is 0 Å². The maximum absolute atomic E-state index is 5.97. The van der Waals surface area contributed by atoms with Crippen LogP contribution in [-0.4, -0.2) is 12.4 Å². The molecule has 0 fully saturated rings. The predicted octanol–water partition coefficient (Wildman–Crippen LogP) is 3.71. The monoisotopic (exact) mass is 272 g/mol. The summed E-state index contributed by atoms with van der Waals surface area (Å²) in [5, 5.41) is 3.98. The number of hydrogen-bond donors (Lipinski definition) is 1. The third-order valence-electron chi connectivity index (χ3n) is 2.10. The molecule has 0 bridgehead atoms. The SMILES string of the molecule is Clc1cccc(NC2=NCCC2)c1Br. The second-order valence-corrected chi connectivity index (χ2v) is 4.36. The van der Waals surface area contributed by atoms with Crippen LogP contribution >= 0.6 is 27.5 Å². The fourth-order valence-electron chi connectivity index (χ4n) is 1.40. The Labute approximate surface area is 96.5 Å². The summed E-state index contributed by atoms with van der Waals surface area (Å²) >= 11 is 9.41. The second kappa shape index (κ2) is 4.32. The second-order valence-electron chi connectivity index (χ2n) is 3.16. The Hall–Kier alpha value is -0.540. The number of benzene rings is 1. The Morgan fingerprint density at radius 2 is 2.29 bits per heavy atom. The van der Waals surface area contributed by atoms with Crippen molar-refractivity contribution in [3.8, 4) is 0 Å². The molecule has 0 aliphatic carbocycles. The summed E-state index contributed by atoms with van der Waals surface area (Å²) in [7, 11) is 0. The van der Waals surface area contributed by atoms with Gasteiger partial charge < -0.3 is 5.32 Å². The summed E-state index contributed by atoms with van der Waals surface area (Å²) in [6.07, 6.45) is 2.17. The quantitative estimate of drug-likeness (QED) is 0.829. The number of aliphatic imine (C=N–C) groups is 1. The molecule has 74 valence electrons. The molecule has 1 N–H and O–H groups in total. The van der Waals surface area contributed by atoms with E-state index in [1.54, 1.807) is 0 Å². The van der Waals surface area contributed by atoms with Crippen LogP contribution in [0, 0.1) is 0 Å². The topological polar surface area (TPSA) is 24.4 Å². The van der Waals surface area contributed by atoms with Gasteiger partial charge in [0.1, 0.15) is 5.84 Å². The molecule has 1 aliphatic heterocycles. The smallest absolute Gasteiger partial charge is 0.101 e. The highest BCUT2D eigenvalue weighted by Gasteiger charge is 2.09. The molecule has 14 heavy (non-hydrogen) atoms. The highest BCUT2D eigenvalue weighted by atomic mass is 79.9. The molecule has 1 aromatic carbocycles. The fraction of sp³-hybridized carbons (Fsp3) is 0.300. The Bertz CT molecular complexity index is 376. The van der Waals surface area contributed by atoms with Crippen LogP contribution in [0.1, 0.15) is 12.8 Å². The average molecular weight is 274 g/mol. The number of anilines is 1. The van der Waals surface area contributed by atoms with E-state index in [1.807, 2.05) is 18.2 Å². The van der Waals surface area contributed by atoms with Crippen molar-refractivity contribution < 1.29 is 0 Å². The minimum Gasteiger partial charge on any atom is -0.343 e. The number of halogens is 2. The van der Waals surface area contributed by atoms with Crippen LogP contribution in [0.3, 0.4) is 0 Å². The molecule has 2 nitrogen and oxygen atoms in total. The van der Waals surface area contributed by atoms with E-state index in [2.05, 4.69) is 26.2 Å². The van der Waals surface area contributed by atoms with Gasteiger partial charge in [-0.05, 0) is 34.5 Å². The number of nitrogens with one attached hydrogen (secondary N) is 1. The van der Waals surface area contributed by atoms with Crippen molar-refractivity contribution in [2.75, 3.05) is 11.9 Å². The molecule has 2 rings (SSSR count). The lowest BCUT2D eigenvalue weighted by atomic mass is 10.3. The third kappa shape index (κ3) is 2.10. The summed E-state index contributed by atoms with van der Waals surface area (Å²) in [6.45, 7) is 0.931. The van der Waals surface area contributed by atoms with Gasteiger partial charge in [-0.3, -0.25) is 4.99 Å². The van der Waals surface area contributed by atoms with Crippen LogP contribution in [0.2, 0.25) is 5.02 Å². The van der Waals surface area contributed by atoms with Gasteiger partial charge >= 0.3 is 0 Å². The molecule has 4 heteroatoms. The van der Waals surface area contributed by atoms with E-state index < -0.39 is 0 Å². The van der Waals surface area contributed by atoms with E-state index in [1.165, 1.54) is 0 Å². The summed E-state index contributed by atoms with van der Waals surface area (Å²) in [5.41, 5.74) is 0.984. The van der Waals surface area contributed by atoms with Crippen molar-refractivity contribution in [2.45, 2.75) is 12.8 Å². The molecule has 0 saturated heterocycles. The van der Waals surface area contributed by atoms with Gasteiger partial charge in [0.25, 0.3) is 0 Å². The molecule has 0 atom stereocenters. The number of amidine groups is 1. The largest absolute Gasteiger partial charge is 0.343 e. The van der Waals surface area contributed by atoms with Crippen molar-refractivity contribution in [3.63, 3.8) is 0 Å². The first-order valence-electron chi connectivity index (χ1n) is 4.52. The zero-order valence-electron chi connectivity index (χ0n) is 7.56. The maximum atomic E-state index is 5.97. The lowest BCUT2D eigenvalue weighted by molar-refractivity contribution is 0.951. The van der Waals surface area contributed by atoms with E-state index in [0.717, 1.165) is 35.4 Å². The average Bonchev–Trinajstić information content (AvgIpc) is 2.66. The van der Waals surface area contributed by atoms with Crippen molar-refractivity contribution in [1.29, 1.82) is 0 Å². The lowest BCUT2D eigenvalue weighted by Gasteiger charge is -2.08. The summed E-state index contributed by atoms with van der Waals surface area (Å²) in [4.78, 5) is 4.34. The molecule has 0 unspecified atom stereocenters. The summed E-state index contributed by atoms with van der Waals surface area (Å²) < 4.78 is 0.899. The Morgan fingerprint density at radius 3 is 3.00 bits per heavy atom. The van der Waals surface area contributed by atoms with Crippen molar-refractivity contribution >= 4 is 39.1 Å². The molecule has 1 heterocycles. The highest BCUT2D eigenvalue weighted by Crippen LogP contribution is 2.30. The first kappa shape index (κ1) is 9.99. The number of rotatable bonds is 1. The van der Waals surface area contributed by atoms with Gasteiger partial charge in [-0.25, -0.2) is 0 Å². The molecule has 0 amide bonds. The van der Waals surface area contributed by atoms with Gasteiger partial charge in [-0.15, -0.1) is 0 Å². The van der Waals surface area contributed by atoms with Gasteiger partial charge in [0.15, 0.2) is 0 Å². The lowest BCUT2D eigenvalue weighted by Crippen LogP contribution is -2.08. The van der Waals surface area contributed by atoms with Crippen LogP contribution in [0.25, 0.3) is 0 Å². The van der Waals surface area contributed by atoms with Gasteiger partial charge in [0.05, 0.1) is 15.2 Å². The maximum Gasteiger partial charge on any atom is 0.101 e. The number of hydrogen-bond acceptors (Lipinski definition) is 2. The van der Waals surface area contributed by atoms with Crippen LogP contribution in [0.4, 0.5) is 5.69 Å². The zero-order valence-corrected chi connectivity index (χ0v) is 9.90. The minimum absolute atomic E-state index is 0.716. The molecule has 0 aromatic heterocycles. The van der Waals surface area contributed by atoms with E-state index >= 15 is 0 Å². The van der Waals surface area contributed by atoms with E-state index in [4.69, 9.17) is 11.6 Å². The van der Waals surface area contributed by atoms with Gasteiger partial charge in [-0.1, -0.05) is 17.7 Å². The first-order chi connectivity index (χ1) is 6.77. The van der Waals surface area contributed by atoms with E-state index in [-0.39, 0.29) is 0 Å². The van der Waals surface area contributed by atoms with Crippen molar-refractivity contribution in [2.24, 2.45) is 4.99 Å². The fourth-order valence-corrected chi connectivity index (χ4v) is 1.94. The summed E-state index contributed by atoms with van der Waals surface area (Å²) in [6, 6.07) is 5.76. The van der Waals surface area contributed by atoms with E-state index in [9.17, 15) is 0 Å². The Morgan fingerprint density at radius 1 is 1.43 bits per heavy atom. The van der Waals surface area contributed by atoms with E-state index in [0.29, 0.717) is 5.02 Å². The molecule has 0 radical (unpaired) electrons. The molecule has 0 saturated carbocycles. The Kier molecular flexibility index (Phi) is 3.08. The minimum atomic E-state index is 0.716. The third-order valence-corrected chi connectivity index (χ3v) is 3.50. The predicted molar refractivity (Wildman–Crippen MR) is 64.3 cm³/mol. The summed E-state index contributed by atoms with van der Waals surface area (Å²) in [5.74, 6) is 1.05. The van der Waals surface area contributed by atoms with Crippen LogP contribution in [-0.2, 0) is 0 Å². The van der Waals surface area contributed by atoms with Crippen LogP contribution in [0.5, 0.6) is 0 Å².